The first-order valence-electron chi connectivity index (χ1n) is 8.98. The number of aromatic nitrogens is 3. The molecule has 0 bridgehead atoms. The molecule has 0 saturated carbocycles. The highest BCUT2D eigenvalue weighted by Gasteiger charge is 2.11. The van der Waals surface area contributed by atoms with E-state index in [1.165, 1.54) is 23.9 Å². The van der Waals surface area contributed by atoms with Crippen LogP contribution in [0.4, 0.5) is 11.4 Å². The Hall–Kier alpha value is -3.11. The molecular formula is C19H19ClN6O3S. The number of nitrogens with zero attached hydrogens (tertiary/aromatic N) is 4. The monoisotopic (exact) mass is 446 g/mol. The number of anilines is 1. The smallest absolute Gasteiger partial charge is 0.269 e. The van der Waals surface area contributed by atoms with Gasteiger partial charge in [-0.3, -0.25) is 19.5 Å². The van der Waals surface area contributed by atoms with Crippen molar-refractivity contribution >= 4 is 40.6 Å². The summed E-state index contributed by atoms with van der Waals surface area (Å²) >= 11 is 7.46. The molecule has 0 atom stereocenters. The summed E-state index contributed by atoms with van der Waals surface area (Å²) in [6.07, 6.45) is 1.58. The van der Waals surface area contributed by atoms with Gasteiger partial charge in [-0.15, -0.1) is 10.2 Å². The number of thioether (sulfide) groups is 1. The van der Waals surface area contributed by atoms with Crippen LogP contribution in [-0.2, 0) is 4.79 Å². The fourth-order valence-corrected chi connectivity index (χ4v) is 3.46. The molecule has 0 fully saturated rings. The minimum Gasteiger partial charge on any atom is -0.383 e. The minimum atomic E-state index is -0.449. The van der Waals surface area contributed by atoms with Gasteiger partial charge in [0.1, 0.15) is 6.33 Å². The number of hydrogen-bond donors (Lipinski definition) is 2. The molecule has 1 aromatic heterocycles. The van der Waals surface area contributed by atoms with Gasteiger partial charge in [0.15, 0.2) is 5.16 Å². The number of hydrogen-bond acceptors (Lipinski definition) is 7. The van der Waals surface area contributed by atoms with Gasteiger partial charge in [0.2, 0.25) is 5.91 Å². The summed E-state index contributed by atoms with van der Waals surface area (Å²) in [5, 5.41) is 25.8. The molecule has 9 nitrogen and oxygen atoms in total. The Morgan fingerprint density at radius 3 is 2.70 bits per heavy atom. The highest BCUT2D eigenvalue weighted by atomic mass is 35.5. The Balaban J connectivity index is 1.44. The van der Waals surface area contributed by atoms with Gasteiger partial charge >= 0.3 is 0 Å². The number of amides is 1. The van der Waals surface area contributed by atoms with Crippen LogP contribution in [0.5, 0.6) is 0 Å². The normalized spacial score (nSPS) is 10.6. The summed E-state index contributed by atoms with van der Waals surface area (Å²) in [6.45, 7) is 2.83. The van der Waals surface area contributed by atoms with Crippen molar-refractivity contribution in [2.24, 2.45) is 0 Å². The van der Waals surface area contributed by atoms with Crippen LogP contribution in [0.15, 0.2) is 53.9 Å². The highest BCUT2D eigenvalue weighted by molar-refractivity contribution is 7.99. The SMILES string of the molecule is Cc1ccc(-n2cnnc2SCC(=O)NCCNc2ccc([N+](=O)[O-])cc2)cc1Cl. The van der Waals surface area contributed by atoms with Crippen LogP contribution in [0.1, 0.15) is 5.56 Å². The maximum atomic E-state index is 12.1. The van der Waals surface area contributed by atoms with E-state index in [-0.39, 0.29) is 17.3 Å². The topological polar surface area (TPSA) is 115 Å². The molecule has 1 heterocycles. The Morgan fingerprint density at radius 1 is 1.23 bits per heavy atom. The summed E-state index contributed by atoms with van der Waals surface area (Å²) in [7, 11) is 0. The van der Waals surface area contributed by atoms with Crippen LogP contribution in [0.25, 0.3) is 5.69 Å². The molecule has 3 rings (SSSR count). The summed E-state index contributed by atoms with van der Waals surface area (Å²) in [4.78, 5) is 22.3. The number of non-ortho nitro benzene ring substituents is 1. The van der Waals surface area contributed by atoms with Crippen LogP contribution in [-0.4, -0.2) is 44.4 Å². The van der Waals surface area contributed by atoms with Crippen molar-refractivity contribution in [2.45, 2.75) is 12.1 Å². The molecule has 2 N–H and O–H groups in total. The van der Waals surface area contributed by atoms with Crippen LogP contribution in [0.2, 0.25) is 5.02 Å². The predicted molar refractivity (Wildman–Crippen MR) is 116 cm³/mol. The Bertz CT molecular complexity index is 1040. The Morgan fingerprint density at radius 2 is 2.00 bits per heavy atom. The summed E-state index contributed by atoms with van der Waals surface area (Å²) in [6, 6.07) is 11.8. The van der Waals surface area contributed by atoms with E-state index in [2.05, 4.69) is 20.8 Å². The van der Waals surface area contributed by atoms with Gasteiger partial charge in [-0.25, -0.2) is 0 Å². The largest absolute Gasteiger partial charge is 0.383 e. The lowest BCUT2D eigenvalue weighted by Gasteiger charge is -2.09. The van der Waals surface area contributed by atoms with E-state index in [4.69, 9.17) is 11.6 Å². The van der Waals surface area contributed by atoms with E-state index in [0.717, 1.165) is 16.9 Å². The third-order valence-electron chi connectivity index (χ3n) is 4.14. The third-order valence-corrected chi connectivity index (χ3v) is 5.49. The van der Waals surface area contributed by atoms with Gasteiger partial charge < -0.3 is 10.6 Å². The highest BCUT2D eigenvalue weighted by Crippen LogP contribution is 2.23. The second-order valence-electron chi connectivity index (χ2n) is 6.29. The van der Waals surface area contributed by atoms with Gasteiger partial charge in [-0.05, 0) is 36.8 Å². The molecule has 1 amide bonds. The van der Waals surface area contributed by atoms with Gasteiger partial charge in [0.05, 0.1) is 16.4 Å². The third kappa shape index (κ3) is 5.71. The van der Waals surface area contributed by atoms with Crippen LogP contribution in [0, 0.1) is 17.0 Å². The van der Waals surface area contributed by atoms with Crippen molar-refractivity contribution in [3.63, 3.8) is 0 Å². The number of nitro groups is 1. The van der Waals surface area contributed by atoms with Gasteiger partial charge in [0.25, 0.3) is 5.69 Å². The lowest BCUT2D eigenvalue weighted by atomic mass is 10.2. The lowest BCUT2D eigenvalue weighted by molar-refractivity contribution is -0.384. The zero-order valence-corrected chi connectivity index (χ0v) is 17.6. The number of carbonyl (C=O) groups excluding carboxylic acids is 1. The van der Waals surface area contributed by atoms with Gasteiger partial charge in [0, 0.05) is 35.9 Å². The Kier molecular flexibility index (Phi) is 7.26. The van der Waals surface area contributed by atoms with Crippen LogP contribution < -0.4 is 10.6 Å². The number of halogens is 1. The number of carbonyl (C=O) groups is 1. The van der Waals surface area contributed by atoms with Crippen molar-refractivity contribution in [3.05, 3.63) is 69.5 Å². The standard InChI is InChI=1S/C19H19ClN6O3S/c1-13-2-5-16(10-17(13)20)25-12-23-24-19(25)30-11-18(27)22-9-8-21-14-3-6-15(7-4-14)26(28)29/h2-7,10,12,21H,8-9,11H2,1H3,(H,22,27). The molecule has 3 aromatic rings. The van der Waals surface area contributed by atoms with E-state index in [0.29, 0.717) is 23.3 Å². The average Bonchev–Trinajstić information content (AvgIpc) is 3.20. The minimum absolute atomic E-state index is 0.0339. The summed E-state index contributed by atoms with van der Waals surface area (Å²) < 4.78 is 1.78. The maximum Gasteiger partial charge on any atom is 0.269 e. The van der Waals surface area contributed by atoms with Crippen LogP contribution in [0.3, 0.4) is 0 Å². The number of benzene rings is 2. The first-order valence-corrected chi connectivity index (χ1v) is 10.3. The van der Waals surface area contributed by atoms with E-state index in [9.17, 15) is 14.9 Å². The number of nitrogens with one attached hydrogen (secondary N) is 2. The van der Waals surface area contributed by atoms with Crippen LogP contribution >= 0.6 is 23.4 Å². The van der Waals surface area contributed by atoms with Crippen molar-refractivity contribution in [2.75, 3.05) is 24.2 Å². The number of rotatable bonds is 9. The van der Waals surface area contributed by atoms with Crippen molar-refractivity contribution in [1.29, 1.82) is 0 Å². The van der Waals surface area contributed by atoms with E-state index >= 15 is 0 Å². The molecule has 30 heavy (non-hydrogen) atoms. The Labute approximate surface area is 182 Å². The molecule has 0 unspecified atom stereocenters. The maximum absolute atomic E-state index is 12.1. The molecule has 0 aliphatic rings. The van der Waals surface area contributed by atoms with Crippen molar-refractivity contribution in [3.8, 4) is 5.69 Å². The molecular weight excluding hydrogens is 428 g/mol. The fourth-order valence-electron chi connectivity index (χ4n) is 2.52. The molecule has 0 radical (unpaired) electrons. The molecule has 0 spiro atoms. The van der Waals surface area contributed by atoms with Crippen molar-refractivity contribution in [1.82, 2.24) is 20.1 Å². The predicted octanol–water partition coefficient (Wildman–Crippen LogP) is 3.46. The van der Waals surface area contributed by atoms with Gasteiger partial charge in [-0.1, -0.05) is 29.4 Å². The first-order chi connectivity index (χ1) is 14.4. The second-order valence-corrected chi connectivity index (χ2v) is 7.64. The second kappa shape index (κ2) is 10.1. The molecule has 0 aliphatic heterocycles. The van der Waals surface area contributed by atoms with Crippen molar-refractivity contribution < 1.29 is 9.72 Å². The molecule has 2 aromatic carbocycles. The summed E-state index contributed by atoms with van der Waals surface area (Å²) in [5.41, 5.74) is 2.58. The van der Waals surface area contributed by atoms with Gasteiger partial charge in [-0.2, -0.15) is 0 Å². The fraction of sp³-hybridized carbons (Fsp3) is 0.211. The zero-order chi connectivity index (χ0) is 21.5. The quantitative estimate of drug-likeness (QED) is 0.224. The van der Waals surface area contributed by atoms with E-state index in [1.807, 2.05) is 25.1 Å². The molecule has 0 saturated heterocycles. The number of nitro benzene ring substituents is 1. The lowest BCUT2D eigenvalue weighted by Crippen LogP contribution is -2.30. The molecule has 0 aliphatic carbocycles. The zero-order valence-electron chi connectivity index (χ0n) is 16.0. The molecule has 156 valence electrons. The first kappa shape index (κ1) is 21.6. The number of aryl methyl sites for hydroxylation is 1. The average molecular weight is 447 g/mol. The summed E-state index contributed by atoms with van der Waals surface area (Å²) in [5.74, 6) is 0.0532. The van der Waals surface area contributed by atoms with E-state index in [1.54, 1.807) is 23.0 Å². The van der Waals surface area contributed by atoms with E-state index < -0.39 is 4.92 Å². The molecule has 11 heteroatoms.